The van der Waals surface area contributed by atoms with Crippen molar-refractivity contribution in [2.75, 3.05) is 10.8 Å². The summed E-state index contributed by atoms with van der Waals surface area (Å²) in [6.07, 6.45) is 1.87. The average molecular weight is 303 g/mol. The van der Waals surface area contributed by atoms with Crippen LogP contribution in [0.4, 0.5) is 10.1 Å². The second-order valence-electron chi connectivity index (χ2n) is 4.56. The number of hydrogen-bond donors (Lipinski definition) is 0. The fourth-order valence-electron chi connectivity index (χ4n) is 2.37. The highest BCUT2D eigenvalue weighted by Crippen LogP contribution is 2.33. The van der Waals surface area contributed by atoms with E-state index < -0.39 is 15.8 Å². The number of fused-ring (bicyclic) bond motifs is 1. The van der Waals surface area contributed by atoms with Crippen molar-refractivity contribution in [1.29, 1.82) is 5.26 Å². The molecule has 3 rings (SSSR count). The molecule has 0 aliphatic carbocycles. The van der Waals surface area contributed by atoms with E-state index in [1.807, 2.05) is 0 Å². The topological polar surface area (TPSA) is 74.1 Å². The number of rotatable bonds is 2. The van der Waals surface area contributed by atoms with E-state index in [0.717, 1.165) is 9.87 Å². The van der Waals surface area contributed by atoms with Gasteiger partial charge in [-0.15, -0.1) is 0 Å². The van der Waals surface area contributed by atoms with E-state index in [0.29, 0.717) is 12.1 Å². The quantitative estimate of drug-likeness (QED) is 0.848. The van der Waals surface area contributed by atoms with Gasteiger partial charge in [0.2, 0.25) is 0 Å². The van der Waals surface area contributed by atoms with E-state index in [4.69, 9.17) is 5.26 Å². The highest BCUT2D eigenvalue weighted by molar-refractivity contribution is 7.93. The number of nitriles is 1. The third kappa shape index (κ3) is 2.14. The molecule has 1 aliphatic heterocycles. The molecule has 0 saturated heterocycles. The smallest absolute Gasteiger partial charge is 0.266 e. The van der Waals surface area contributed by atoms with Crippen LogP contribution in [0.25, 0.3) is 0 Å². The van der Waals surface area contributed by atoms with Crippen LogP contribution in [0, 0.1) is 17.1 Å². The predicted octanol–water partition coefficient (Wildman–Crippen LogP) is 1.84. The number of hydrogen-bond acceptors (Lipinski definition) is 4. The molecule has 7 heteroatoms. The second kappa shape index (κ2) is 4.82. The number of pyridine rings is 1. The van der Waals surface area contributed by atoms with Gasteiger partial charge in [0.25, 0.3) is 10.0 Å². The minimum atomic E-state index is -3.93. The number of halogens is 1. The molecule has 21 heavy (non-hydrogen) atoms. The third-order valence-corrected chi connectivity index (χ3v) is 5.19. The number of aromatic nitrogens is 1. The van der Waals surface area contributed by atoms with Crippen LogP contribution in [-0.2, 0) is 16.4 Å². The molecular formula is C14H10FN3O2S. The Bertz CT molecular complexity index is 859. The SMILES string of the molecule is N#Cc1ncccc1S(=O)(=O)N1CCc2ccc(F)cc21. The van der Waals surface area contributed by atoms with Crippen LogP contribution in [0.5, 0.6) is 0 Å². The van der Waals surface area contributed by atoms with Gasteiger partial charge < -0.3 is 0 Å². The largest absolute Gasteiger partial charge is 0.267 e. The Morgan fingerprint density at radius 2 is 2.14 bits per heavy atom. The molecule has 0 fully saturated rings. The van der Waals surface area contributed by atoms with Crippen LogP contribution >= 0.6 is 0 Å². The summed E-state index contributed by atoms with van der Waals surface area (Å²) in [6.45, 7) is 0.223. The first-order valence-electron chi connectivity index (χ1n) is 6.20. The summed E-state index contributed by atoms with van der Waals surface area (Å²) >= 11 is 0. The lowest BCUT2D eigenvalue weighted by Gasteiger charge is -2.19. The number of benzene rings is 1. The van der Waals surface area contributed by atoms with Gasteiger partial charge in [-0.05, 0) is 36.2 Å². The molecule has 0 amide bonds. The number of sulfonamides is 1. The summed E-state index contributed by atoms with van der Waals surface area (Å²) in [5.74, 6) is -0.498. The van der Waals surface area contributed by atoms with Crippen molar-refractivity contribution in [3.63, 3.8) is 0 Å². The Morgan fingerprint density at radius 1 is 1.33 bits per heavy atom. The average Bonchev–Trinajstić information content (AvgIpc) is 2.90. The number of anilines is 1. The monoisotopic (exact) mass is 303 g/mol. The Morgan fingerprint density at radius 3 is 2.90 bits per heavy atom. The van der Waals surface area contributed by atoms with E-state index in [1.54, 1.807) is 12.1 Å². The number of nitrogens with zero attached hydrogens (tertiary/aromatic N) is 3. The van der Waals surface area contributed by atoms with E-state index in [2.05, 4.69) is 4.98 Å². The van der Waals surface area contributed by atoms with E-state index in [-0.39, 0.29) is 17.1 Å². The maximum absolute atomic E-state index is 13.4. The fraction of sp³-hybridized carbons (Fsp3) is 0.143. The van der Waals surface area contributed by atoms with Gasteiger partial charge >= 0.3 is 0 Å². The molecule has 106 valence electrons. The normalized spacial score (nSPS) is 13.8. The van der Waals surface area contributed by atoms with Gasteiger partial charge in [0, 0.05) is 12.7 Å². The standard InChI is InChI=1S/C14H10FN3O2S/c15-11-4-3-10-5-7-18(13(10)8-11)21(19,20)14-2-1-6-17-12(14)9-16/h1-4,6,8H,5,7H2. The highest BCUT2D eigenvalue weighted by atomic mass is 32.2. The molecule has 0 bridgehead atoms. The first-order valence-corrected chi connectivity index (χ1v) is 7.64. The summed E-state index contributed by atoms with van der Waals surface area (Å²) in [7, 11) is -3.93. The van der Waals surface area contributed by atoms with E-state index >= 15 is 0 Å². The minimum absolute atomic E-state index is 0.162. The predicted molar refractivity (Wildman–Crippen MR) is 73.6 cm³/mol. The first-order chi connectivity index (χ1) is 10.0. The van der Waals surface area contributed by atoms with Crippen LogP contribution in [0.1, 0.15) is 11.3 Å². The van der Waals surface area contributed by atoms with Gasteiger partial charge in [-0.1, -0.05) is 6.07 Å². The lowest BCUT2D eigenvalue weighted by Crippen LogP contribution is -2.30. The molecule has 0 unspecified atom stereocenters. The van der Waals surface area contributed by atoms with Gasteiger partial charge in [0.1, 0.15) is 16.8 Å². The minimum Gasteiger partial charge on any atom is -0.266 e. The molecule has 0 saturated carbocycles. The molecule has 1 aliphatic rings. The van der Waals surface area contributed by atoms with Crippen molar-refractivity contribution in [3.05, 3.63) is 53.6 Å². The maximum Gasteiger partial charge on any atom is 0.267 e. The van der Waals surface area contributed by atoms with Crippen LogP contribution in [-0.4, -0.2) is 19.9 Å². The van der Waals surface area contributed by atoms with Crippen LogP contribution in [0.15, 0.2) is 41.4 Å². The molecule has 2 heterocycles. The lowest BCUT2D eigenvalue weighted by atomic mass is 10.2. The molecule has 1 aromatic carbocycles. The van der Waals surface area contributed by atoms with Crippen molar-refractivity contribution in [2.45, 2.75) is 11.3 Å². The summed E-state index contributed by atoms with van der Waals surface area (Å²) in [5, 5.41) is 9.01. The molecule has 0 spiro atoms. The summed E-state index contributed by atoms with van der Waals surface area (Å²) in [6, 6.07) is 8.64. The Balaban J connectivity index is 2.14. The van der Waals surface area contributed by atoms with Crippen molar-refractivity contribution >= 4 is 15.7 Å². The zero-order valence-electron chi connectivity index (χ0n) is 10.8. The van der Waals surface area contributed by atoms with E-state index in [1.165, 1.54) is 30.5 Å². The summed E-state index contributed by atoms with van der Waals surface area (Å²) in [5.41, 5.74) is 0.924. The summed E-state index contributed by atoms with van der Waals surface area (Å²) < 4.78 is 39.9. The molecule has 2 aromatic rings. The van der Waals surface area contributed by atoms with Gasteiger partial charge in [0.05, 0.1) is 5.69 Å². The lowest BCUT2D eigenvalue weighted by molar-refractivity contribution is 0.591. The van der Waals surface area contributed by atoms with Gasteiger partial charge in [-0.25, -0.2) is 17.8 Å². The summed E-state index contributed by atoms with van der Waals surface area (Å²) in [4.78, 5) is 3.60. The first kappa shape index (κ1) is 13.5. The van der Waals surface area contributed by atoms with Crippen molar-refractivity contribution < 1.29 is 12.8 Å². The molecular weight excluding hydrogens is 293 g/mol. The zero-order chi connectivity index (χ0) is 15.0. The Kier molecular flexibility index (Phi) is 3.11. The van der Waals surface area contributed by atoms with E-state index in [9.17, 15) is 12.8 Å². The second-order valence-corrected chi connectivity index (χ2v) is 6.39. The van der Waals surface area contributed by atoms with Crippen molar-refractivity contribution in [1.82, 2.24) is 4.98 Å². The third-order valence-electron chi connectivity index (χ3n) is 3.34. The van der Waals surface area contributed by atoms with Gasteiger partial charge in [0.15, 0.2) is 5.69 Å². The van der Waals surface area contributed by atoms with Crippen molar-refractivity contribution in [2.24, 2.45) is 0 Å². The molecule has 1 aromatic heterocycles. The Labute approximate surface area is 121 Å². The van der Waals surface area contributed by atoms with Crippen LogP contribution < -0.4 is 4.31 Å². The molecule has 0 atom stereocenters. The zero-order valence-corrected chi connectivity index (χ0v) is 11.6. The van der Waals surface area contributed by atoms with Gasteiger partial charge in [-0.3, -0.25) is 4.31 Å². The molecule has 5 nitrogen and oxygen atoms in total. The van der Waals surface area contributed by atoms with Crippen molar-refractivity contribution in [3.8, 4) is 6.07 Å². The fourth-order valence-corrected chi connectivity index (χ4v) is 3.97. The highest BCUT2D eigenvalue weighted by Gasteiger charge is 2.33. The Hall–Kier alpha value is -2.46. The van der Waals surface area contributed by atoms with Crippen LogP contribution in [0.2, 0.25) is 0 Å². The molecule has 0 radical (unpaired) electrons. The molecule has 0 N–H and O–H groups in total. The maximum atomic E-state index is 13.4. The van der Waals surface area contributed by atoms with Crippen LogP contribution in [0.3, 0.4) is 0 Å². The van der Waals surface area contributed by atoms with Gasteiger partial charge in [-0.2, -0.15) is 5.26 Å².